The van der Waals surface area contributed by atoms with Crippen molar-refractivity contribution in [3.05, 3.63) is 206 Å². The molecule has 2 nitrogen and oxygen atoms in total. The Balaban J connectivity index is 1.16. The number of hydrogen-bond donors (Lipinski definition) is 0. The molecule has 0 aliphatic carbocycles. The Kier molecular flexibility index (Phi) is 7.05. The van der Waals surface area contributed by atoms with Crippen LogP contribution in [0.25, 0.3) is 131 Å². The van der Waals surface area contributed by atoms with Gasteiger partial charge in [-0.25, -0.2) is 4.98 Å². The van der Waals surface area contributed by atoms with Crippen molar-refractivity contribution < 1.29 is 0 Å². The fraction of sp³-hybridized carbons (Fsp3) is 0. The SMILES string of the molecule is c1ccc(-c2ncc(-c3c4ccccc4c(-c4cc5ccc6cccc7c8cccc9ccc%10cccc(c(c4)c5c67)c%10c98)c4ccccc34)nc2-c2ccccc2)cc1. The third-order valence-corrected chi connectivity index (χ3v) is 12.8. The van der Waals surface area contributed by atoms with Gasteiger partial charge < -0.3 is 0 Å². The van der Waals surface area contributed by atoms with Crippen molar-refractivity contribution in [2.45, 2.75) is 0 Å². The molecule has 1 heterocycles. The van der Waals surface area contributed by atoms with Crippen molar-refractivity contribution in [1.82, 2.24) is 9.97 Å². The average Bonchev–Trinajstić information content (AvgIpc) is 3.32. The third-order valence-electron chi connectivity index (χ3n) is 12.8. The van der Waals surface area contributed by atoms with Crippen molar-refractivity contribution in [2.24, 2.45) is 0 Å². The van der Waals surface area contributed by atoms with E-state index in [4.69, 9.17) is 9.97 Å². The molecule has 0 amide bonds. The van der Waals surface area contributed by atoms with Crippen LogP contribution in [0.2, 0.25) is 0 Å². The predicted octanol–water partition coefficient (Wildman–Crippen LogP) is 15.8. The number of nitrogens with zero attached hydrogens (tertiary/aromatic N) is 2. The lowest BCUT2D eigenvalue weighted by molar-refractivity contribution is 1.22. The standard InChI is InChI=1S/C58H34N2/c1-3-14-38(15-4-1)57-58(39-16-5-2-6-17-39)60-50(34-59-57)56-46-23-9-7-21-42(46)51(43-22-8-10-24-47(43)56)41-32-40-31-30-37-19-12-26-45-44-25-11-18-35-28-29-36-20-13-27-48(54(36)52(35)44)49(33-41)55(40)53(37)45/h1-34H. The van der Waals surface area contributed by atoms with E-state index in [1.54, 1.807) is 0 Å². The van der Waals surface area contributed by atoms with Crippen LogP contribution in [0.1, 0.15) is 0 Å². The highest BCUT2D eigenvalue weighted by Gasteiger charge is 2.22. The minimum atomic E-state index is 0.853. The van der Waals surface area contributed by atoms with Crippen LogP contribution >= 0.6 is 0 Å². The van der Waals surface area contributed by atoms with Gasteiger partial charge in [0, 0.05) is 16.7 Å². The largest absolute Gasteiger partial charge is 0.252 e. The van der Waals surface area contributed by atoms with Crippen LogP contribution in [-0.2, 0) is 0 Å². The molecule has 276 valence electrons. The van der Waals surface area contributed by atoms with Gasteiger partial charge in [-0.2, -0.15) is 0 Å². The molecule has 0 saturated carbocycles. The number of rotatable bonds is 4. The molecule has 2 heteroatoms. The Labute approximate surface area is 346 Å². The lowest BCUT2D eigenvalue weighted by atomic mass is 9.84. The first kappa shape index (κ1) is 33.1. The first-order chi connectivity index (χ1) is 29.8. The molecule has 0 aliphatic rings. The number of fused-ring (bicyclic) bond motifs is 4. The molecule has 0 N–H and O–H groups in total. The molecule has 13 rings (SSSR count). The van der Waals surface area contributed by atoms with Crippen molar-refractivity contribution in [2.75, 3.05) is 0 Å². The Morgan fingerprint density at radius 1 is 0.267 bits per heavy atom. The van der Waals surface area contributed by atoms with E-state index < -0.39 is 0 Å². The smallest absolute Gasteiger partial charge is 0.0972 e. The van der Waals surface area contributed by atoms with Crippen LogP contribution in [0.5, 0.6) is 0 Å². The fourth-order valence-electron chi connectivity index (χ4n) is 10.3. The summed E-state index contributed by atoms with van der Waals surface area (Å²) in [6.45, 7) is 0. The summed E-state index contributed by atoms with van der Waals surface area (Å²) in [5.41, 5.74) is 8.19. The Bertz CT molecular complexity index is 3810. The van der Waals surface area contributed by atoms with E-state index in [1.165, 1.54) is 86.5 Å². The van der Waals surface area contributed by atoms with Gasteiger partial charge in [0.25, 0.3) is 0 Å². The molecule has 0 spiro atoms. The summed E-state index contributed by atoms with van der Waals surface area (Å²) in [4.78, 5) is 10.7. The highest BCUT2D eigenvalue weighted by Crippen LogP contribution is 2.48. The minimum Gasteiger partial charge on any atom is -0.252 e. The maximum atomic E-state index is 5.51. The molecule has 0 fully saturated rings. The van der Waals surface area contributed by atoms with E-state index >= 15 is 0 Å². The average molecular weight is 759 g/mol. The molecule has 12 aromatic carbocycles. The van der Waals surface area contributed by atoms with Crippen molar-refractivity contribution in [3.8, 4) is 44.9 Å². The van der Waals surface area contributed by atoms with Gasteiger partial charge in [-0.3, -0.25) is 4.98 Å². The zero-order valence-electron chi connectivity index (χ0n) is 32.5. The first-order valence-electron chi connectivity index (χ1n) is 20.7. The summed E-state index contributed by atoms with van der Waals surface area (Å²) < 4.78 is 0. The Morgan fingerprint density at radius 2 is 0.683 bits per heavy atom. The molecule has 0 aliphatic heterocycles. The van der Waals surface area contributed by atoms with Gasteiger partial charge in [-0.15, -0.1) is 0 Å². The highest BCUT2D eigenvalue weighted by molar-refractivity contribution is 6.37. The van der Waals surface area contributed by atoms with Gasteiger partial charge in [0.1, 0.15) is 0 Å². The summed E-state index contributed by atoms with van der Waals surface area (Å²) in [7, 11) is 0. The van der Waals surface area contributed by atoms with E-state index in [1.807, 2.05) is 18.3 Å². The third kappa shape index (κ3) is 4.76. The topological polar surface area (TPSA) is 25.8 Å². The Hall–Kier alpha value is -7.94. The quantitative estimate of drug-likeness (QED) is 0.132. The minimum absolute atomic E-state index is 0.853. The van der Waals surface area contributed by atoms with E-state index in [2.05, 4.69) is 188 Å². The maximum Gasteiger partial charge on any atom is 0.0972 e. The molecule has 0 radical (unpaired) electrons. The summed E-state index contributed by atoms with van der Waals surface area (Å²) in [5.74, 6) is 0. The van der Waals surface area contributed by atoms with Crippen LogP contribution < -0.4 is 0 Å². The van der Waals surface area contributed by atoms with Crippen molar-refractivity contribution in [1.29, 1.82) is 0 Å². The lowest BCUT2D eigenvalue weighted by Crippen LogP contribution is -1.98. The summed E-state index contributed by atoms with van der Waals surface area (Å²) in [5, 5.41) is 20.0. The summed E-state index contributed by atoms with van der Waals surface area (Å²) in [6, 6.07) is 73.1. The van der Waals surface area contributed by atoms with E-state index in [9.17, 15) is 0 Å². The molecular formula is C58H34N2. The molecule has 0 atom stereocenters. The van der Waals surface area contributed by atoms with E-state index in [-0.39, 0.29) is 0 Å². The van der Waals surface area contributed by atoms with Gasteiger partial charge in [0.05, 0.1) is 23.3 Å². The lowest BCUT2D eigenvalue weighted by Gasteiger charge is -2.20. The zero-order valence-corrected chi connectivity index (χ0v) is 32.5. The molecule has 0 unspecified atom stereocenters. The van der Waals surface area contributed by atoms with Gasteiger partial charge in [0.15, 0.2) is 0 Å². The second-order valence-corrected chi connectivity index (χ2v) is 16.0. The Morgan fingerprint density at radius 3 is 1.22 bits per heavy atom. The van der Waals surface area contributed by atoms with Crippen LogP contribution in [0.4, 0.5) is 0 Å². The second-order valence-electron chi connectivity index (χ2n) is 16.0. The predicted molar refractivity (Wildman–Crippen MR) is 255 cm³/mol. The fourth-order valence-corrected chi connectivity index (χ4v) is 10.3. The molecule has 1 aromatic heterocycles. The maximum absolute atomic E-state index is 5.51. The first-order valence-corrected chi connectivity index (χ1v) is 20.7. The molecule has 0 bridgehead atoms. The zero-order chi connectivity index (χ0) is 39.3. The van der Waals surface area contributed by atoms with Crippen LogP contribution in [0, 0.1) is 0 Å². The highest BCUT2D eigenvalue weighted by atomic mass is 14.8. The molecule has 13 aromatic rings. The van der Waals surface area contributed by atoms with Gasteiger partial charge in [-0.05, 0) is 109 Å². The van der Waals surface area contributed by atoms with Crippen molar-refractivity contribution >= 4 is 86.2 Å². The normalized spacial score (nSPS) is 12.0. The van der Waals surface area contributed by atoms with Gasteiger partial charge in [0.2, 0.25) is 0 Å². The second kappa shape index (κ2) is 12.8. The number of hydrogen-bond acceptors (Lipinski definition) is 2. The van der Waals surface area contributed by atoms with E-state index in [0.717, 1.165) is 44.5 Å². The van der Waals surface area contributed by atoms with E-state index in [0.29, 0.717) is 0 Å². The van der Waals surface area contributed by atoms with Crippen molar-refractivity contribution in [3.63, 3.8) is 0 Å². The van der Waals surface area contributed by atoms with Crippen LogP contribution in [0.15, 0.2) is 206 Å². The molecule has 60 heavy (non-hydrogen) atoms. The monoisotopic (exact) mass is 758 g/mol. The molecule has 0 saturated heterocycles. The van der Waals surface area contributed by atoms with Crippen LogP contribution in [-0.4, -0.2) is 9.97 Å². The number of aromatic nitrogens is 2. The summed E-state index contributed by atoms with van der Waals surface area (Å²) >= 11 is 0. The summed E-state index contributed by atoms with van der Waals surface area (Å²) in [6.07, 6.45) is 1.97. The van der Waals surface area contributed by atoms with Gasteiger partial charge >= 0.3 is 0 Å². The van der Waals surface area contributed by atoms with Gasteiger partial charge in [-0.1, -0.05) is 188 Å². The molecular weight excluding hydrogens is 725 g/mol. The van der Waals surface area contributed by atoms with Crippen LogP contribution in [0.3, 0.4) is 0 Å². The number of benzene rings is 11.